The third-order valence-electron chi connectivity index (χ3n) is 3.56. The molecule has 0 aromatic heterocycles. The van der Waals surface area contributed by atoms with Gasteiger partial charge in [0.25, 0.3) is 0 Å². The lowest BCUT2D eigenvalue weighted by Crippen LogP contribution is -2.38. The molecular formula is C14H16F3NO2. The average molecular weight is 287 g/mol. The highest BCUT2D eigenvalue weighted by atomic mass is 19.4. The lowest BCUT2D eigenvalue weighted by molar-refractivity contribution is -0.142. The van der Waals surface area contributed by atoms with Gasteiger partial charge in [-0.25, -0.2) is 0 Å². The van der Waals surface area contributed by atoms with Crippen molar-refractivity contribution in [1.82, 2.24) is 5.32 Å². The van der Waals surface area contributed by atoms with Gasteiger partial charge in [0.2, 0.25) is 0 Å². The summed E-state index contributed by atoms with van der Waals surface area (Å²) in [6.45, 7) is 1.10. The van der Waals surface area contributed by atoms with E-state index < -0.39 is 24.5 Å². The molecule has 0 saturated carbocycles. The van der Waals surface area contributed by atoms with Gasteiger partial charge in [-0.15, -0.1) is 0 Å². The molecule has 0 bridgehead atoms. The summed E-state index contributed by atoms with van der Waals surface area (Å²) in [5.41, 5.74) is 1.11. The fourth-order valence-electron chi connectivity index (χ4n) is 2.52. The number of carbonyl (C=O) groups is 1. The van der Waals surface area contributed by atoms with Crippen molar-refractivity contribution in [2.75, 3.05) is 13.1 Å². The predicted octanol–water partition coefficient (Wildman–Crippen LogP) is 2.57. The Morgan fingerprint density at radius 1 is 1.25 bits per heavy atom. The van der Waals surface area contributed by atoms with E-state index in [0.29, 0.717) is 19.5 Å². The zero-order valence-electron chi connectivity index (χ0n) is 10.8. The molecule has 1 aliphatic rings. The smallest absolute Gasteiger partial charge is 0.393 e. The number of aliphatic carboxylic acids is 1. The minimum Gasteiger partial charge on any atom is -0.481 e. The average Bonchev–Trinajstić information content (AvgIpc) is 2.38. The molecule has 1 aromatic carbocycles. The highest BCUT2D eigenvalue weighted by Crippen LogP contribution is 2.28. The van der Waals surface area contributed by atoms with E-state index >= 15 is 0 Å². The minimum atomic E-state index is -4.21. The van der Waals surface area contributed by atoms with Crippen LogP contribution in [0.25, 0.3) is 0 Å². The van der Waals surface area contributed by atoms with Crippen LogP contribution in [-0.4, -0.2) is 30.3 Å². The summed E-state index contributed by atoms with van der Waals surface area (Å²) in [4.78, 5) is 11.0. The Kier molecular flexibility index (Phi) is 4.32. The number of carboxylic acid groups (broad SMARTS) is 1. The molecule has 6 heteroatoms. The van der Waals surface area contributed by atoms with Crippen LogP contribution < -0.4 is 5.32 Å². The van der Waals surface area contributed by atoms with Crippen LogP contribution >= 0.6 is 0 Å². The molecule has 2 unspecified atom stereocenters. The number of hydrogen-bond donors (Lipinski definition) is 2. The molecule has 0 aliphatic carbocycles. The number of nitrogens with one attached hydrogen (secondary N) is 1. The van der Waals surface area contributed by atoms with E-state index in [4.69, 9.17) is 5.11 Å². The quantitative estimate of drug-likeness (QED) is 0.898. The summed E-state index contributed by atoms with van der Waals surface area (Å²) in [7, 11) is 0. The fraction of sp³-hybridized carbons (Fsp3) is 0.500. The second kappa shape index (κ2) is 5.83. The summed E-state index contributed by atoms with van der Waals surface area (Å²) in [6.07, 6.45) is -4.63. The first-order valence-corrected chi connectivity index (χ1v) is 6.44. The Hall–Kier alpha value is -1.56. The Balaban J connectivity index is 2.04. The maximum absolute atomic E-state index is 12.3. The third-order valence-corrected chi connectivity index (χ3v) is 3.56. The molecule has 1 aromatic rings. The van der Waals surface area contributed by atoms with E-state index in [0.717, 1.165) is 5.56 Å². The number of benzene rings is 1. The minimum absolute atomic E-state index is 0.0322. The molecule has 1 saturated heterocycles. The molecule has 1 aliphatic heterocycles. The van der Waals surface area contributed by atoms with Gasteiger partial charge >= 0.3 is 12.1 Å². The van der Waals surface area contributed by atoms with Gasteiger partial charge in [-0.2, -0.15) is 13.2 Å². The van der Waals surface area contributed by atoms with Crippen LogP contribution in [0.4, 0.5) is 13.2 Å². The molecule has 1 heterocycles. The van der Waals surface area contributed by atoms with E-state index in [1.807, 2.05) is 0 Å². The van der Waals surface area contributed by atoms with Gasteiger partial charge in [0.1, 0.15) is 0 Å². The van der Waals surface area contributed by atoms with Crippen molar-refractivity contribution < 1.29 is 23.1 Å². The van der Waals surface area contributed by atoms with Crippen LogP contribution in [0.2, 0.25) is 0 Å². The molecule has 0 amide bonds. The normalized spacial score (nSPS) is 23.6. The van der Waals surface area contributed by atoms with Crippen molar-refractivity contribution in [3.63, 3.8) is 0 Å². The molecule has 2 N–H and O–H groups in total. The number of carboxylic acids is 1. The number of rotatable bonds is 3. The van der Waals surface area contributed by atoms with Gasteiger partial charge in [0.15, 0.2) is 0 Å². The van der Waals surface area contributed by atoms with E-state index in [1.165, 1.54) is 12.1 Å². The fourth-order valence-corrected chi connectivity index (χ4v) is 2.52. The first-order chi connectivity index (χ1) is 9.35. The summed E-state index contributed by atoms with van der Waals surface area (Å²) < 4.78 is 36.8. The van der Waals surface area contributed by atoms with Crippen LogP contribution in [0.3, 0.4) is 0 Å². The lowest BCUT2D eigenvalue weighted by atomic mass is 9.85. The summed E-state index contributed by atoms with van der Waals surface area (Å²) >= 11 is 0. The highest BCUT2D eigenvalue weighted by Gasteiger charge is 2.29. The van der Waals surface area contributed by atoms with Gasteiger partial charge in [-0.3, -0.25) is 4.79 Å². The number of halogens is 3. The van der Waals surface area contributed by atoms with E-state index in [2.05, 4.69) is 5.32 Å². The Labute approximate surface area is 114 Å². The van der Waals surface area contributed by atoms with Crippen LogP contribution in [-0.2, 0) is 11.2 Å². The summed E-state index contributed by atoms with van der Waals surface area (Å²) in [6, 6.07) is 6.26. The maximum Gasteiger partial charge on any atom is 0.393 e. The zero-order chi connectivity index (χ0) is 14.8. The Bertz CT molecular complexity index is 470. The standard InChI is InChI=1S/C14H16F3NO2/c15-14(16,17)6-9-1-3-10(4-2-9)11-5-12(13(19)20)8-18-7-11/h1-4,11-12,18H,5-8H2,(H,19,20). The second-order valence-corrected chi connectivity index (χ2v) is 5.16. The third kappa shape index (κ3) is 3.96. The number of piperidine rings is 1. The molecule has 0 spiro atoms. The Morgan fingerprint density at radius 2 is 1.90 bits per heavy atom. The van der Waals surface area contributed by atoms with Gasteiger partial charge in [-0.1, -0.05) is 24.3 Å². The molecule has 2 atom stereocenters. The summed E-state index contributed by atoms with van der Waals surface area (Å²) in [5.74, 6) is -1.25. The zero-order valence-corrected chi connectivity index (χ0v) is 10.8. The maximum atomic E-state index is 12.3. The van der Waals surface area contributed by atoms with Crippen molar-refractivity contribution >= 4 is 5.97 Å². The number of hydrogen-bond acceptors (Lipinski definition) is 2. The van der Waals surface area contributed by atoms with Crippen molar-refractivity contribution in [2.24, 2.45) is 5.92 Å². The van der Waals surface area contributed by atoms with Gasteiger partial charge in [-0.05, 0) is 23.5 Å². The van der Waals surface area contributed by atoms with E-state index in [-0.39, 0.29) is 11.5 Å². The van der Waals surface area contributed by atoms with E-state index in [1.54, 1.807) is 12.1 Å². The molecule has 0 radical (unpaired) electrons. The molecule has 3 nitrogen and oxygen atoms in total. The van der Waals surface area contributed by atoms with Crippen LogP contribution in [0.1, 0.15) is 23.5 Å². The summed E-state index contributed by atoms with van der Waals surface area (Å²) in [5, 5.41) is 12.1. The van der Waals surface area contributed by atoms with Crippen molar-refractivity contribution in [2.45, 2.75) is 24.9 Å². The highest BCUT2D eigenvalue weighted by molar-refractivity contribution is 5.70. The van der Waals surface area contributed by atoms with Gasteiger partial charge in [0.05, 0.1) is 12.3 Å². The van der Waals surface area contributed by atoms with Crippen molar-refractivity contribution in [1.29, 1.82) is 0 Å². The lowest BCUT2D eigenvalue weighted by Gasteiger charge is -2.28. The van der Waals surface area contributed by atoms with Crippen molar-refractivity contribution in [3.05, 3.63) is 35.4 Å². The van der Waals surface area contributed by atoms with Crippen molar-refractivity contribution in [3.8, 4) is 0 Å². The Morgan fingerprint density at radius 3 is 2.45 bits per heavy atom. The predicted molar refractivity (Wildman–Crippen MR) is 67.6 cm³/mol. The van der Waals surface area contributed by atoms with Crippen LogP contribution in [0.5, 0.6) is 0 Å². The van der Waals surface area contributed by atoms with Gasteiger partial charge < -0.3 is 10.4 Å². The van der Waals surface area contributed by atoms with Crippen LogP contribution in [0, 0.1) is 5.92 Å². The first-order valence-electron chi connectivity index (χ1n) is 6.44. The molecule has 2 rings (SSSR count). The SMILES string of the molecule is O=C(O)C1CNCC(c2ccc(CC(F)(F)F)cc2)C1. The van der Waals surface area contributed by atoms with Gasteiger partial charge in [0, 0.05) is 13.1 Å². The van der Waals surface area contributed by atoms with E-state index in [9.17, 15) is 18.0 Å². The monoisotopic (exact) mass is 287 g/mol. The molecule has 20 heavy (non-hydrogen) atoms. The molecule has 110 valence electrons. The molecule has 1 fully saturated rings. The molecular weight excluding hydrogens is 271 g/mol. The van der Waals surface area contributed by atoms with Crippen LogP contribution in [0.15, 0.2) is 24.3 Å². The topological polar surface area (TPSA) is 49.3 Å². The largest absolute Gasteiger partial charge is 0.481 e. The first kappa shape index (κ1) is 14.8. The number of alkyl halides is 3. The second-order valence-electron chi connectivity index (χ2n) is 5.16.